The van der Waals surface area contributed by atoms with E-state index >= 15 is 0 Å². The smallest absolute Gasteiger partial charge is 0.269 e. The Morgan fingerprint density at radius 2 is 1.59 bits per heavy atom. The van der Waals surface area contributed by atoms with E-state index in [-0.39, 0.29) is 16.1 Å². The second-order valence-electron chi connectivity index (χ2n) is 7.55. The summed E-state index contributed by atoms with van der Waals surface area (Å²) >= 11 is 0. The van der Waals surface area contributed by atoms with Crippen molar-refractivity contribution in [2.75, 3.05) is 18.4 Å². The SMILES string of the molecule is CC1CC(C)CN(S(=O)(=O)c2ccc(NC(=O)c3ccc([N+](=O)[O-])cc3)cc2)C1. The molecule has 3 rings (SSSR count). The summed E-state index contributed by atoms with van der Waals surface area (Å²) in [4.78, 5) is 22.6. The van der Waals surface area contributed by atoms with E-state index in [4.69, 9.17) is 0 Å². The molecule has 1 amide bonds. The summed E-state index contributed by atoms with van der Waals surface area (Å²) in [6.07, 6.45) is 1.01. The molecule has 29 heavy (non-hydrogen) atoms. The van der Waals surface area contributed by atoms with Gasteiger partial charge >= 0.3 is 0 Å². The highest BCUT2D eigenvalue weighted by molar-refractivity contribution is 7.89. The van der Waals surface area contributed by atoms with Gasteiger partial charge in [-0.05, 0) is 54.7 Å². The fourth-order valence-corrected chi connectivity index (χ4v) is 5.28. The van der Waals surface area contributed by atoms with Gasteiger partial charge in [-0.2, -0.15) is 4.31 Å². The molecule has 1 aliphatic heterocycles. The van der Waals surface area contributed by atoms with Crippen LogP contribution >= 0.6 is 0 Å². The molecule has 1 fully saturated rings. The van der Waals surface area contributed by atoms with E-state index in [9.17, 15) is 23.3 Å². The first-order chi connectivity index (χ1) is 13.7. The highest BCUT2D eigenvalue weighted by Crippen LogP contribution is 2.27. The maximum atomic E-state index is 12.9. The molecule has 2 unspecified atom stereocenters. The van der Waals surface area contributed by atoms with Crippen LogP contribution in [0.3, 0.4) is 0 Å². The van der Waals surface area contributed by atoms with Crippen molar-refractivity contribution in [1.29, 1.82) is 0 Å². The van der Waals surface area contributed by atoms with E-state index < -0.39 is 20.9 Å². The Labute approximate surface area is 169 Å². The Hall–Kier alpha value is -2.78. The Morgan fingerprint density at radius 3 is 2.10 bits per heavy atom. The van der Waals surface area contributed by atoms with Gasteiger partial charge in [-0.25, -0.2) is 8.42 Å². The molecule has 2 atom stereocenters. The molecular formula is C20H23N3O5S. The number of hydrogen-bond acceptors (Lipinski definition) is 5. The summed E-state index contributed by atoms with van der Waals surface area (Å²) in [6.45, 7) is 5.11. The number of carbonyl (C=O) groups excluding carboxylic acids is 1. The van der Waals surface area contributed by atoms with Gasteiger partial charge in [0.1, 0.15) is 0 Å². The van der Waals surface area contributed by atoms with Crippen LogP contribution in [0.4, 0.5) is 11.4 Å². The predicted octanol–water partition coefficient (Wildman–Crippen LogP) is 3.51. The number of amides is 1. The zero-order valence-electron chi connectivity index (χ0n) is 16.2. The lowest BCUT2D eigenvalue weighted by Gasteiger charge is -2.34. The number of nitrogens with zero attached hydrogens (tertiary/aromatic N) is 2. The van der Waals surface area contributed by atoms with E-state index in [1.165, 1.54) is 52.8 Å². The summed E-state index contributed by atoms with van der Waals surface area (Å²) in [5, 5.41) is 13.4. The first kappa shape index (κ1) is 20.9. The minimum Gasteiger partial charge on any atom is -0.322 e. The van der Waals surface area contributed by atoms with Crippen molar-refractivity contribution in [1.82, 2.24) is 4.31 Å². The van der Waals surface area contributed by atoms with E-state index in [1.54, 1.807) is 0 Å². The van der Waals surface area contributed by atoms with Gasteiger partial charge in [-0.3, -0.25) is 14.9 Å². The van der Waals surface area contributed by atoms with Crippen LogP contribution in [0.1, 0.15) is 30.6 Å². The molecule has 0 spiro atoms. The first-order valence-corrected chi connectivity index (χ1v) is 10.8. The van der Waals surface area contributed by atoms with Crippen molar-refractivity contribution in [3.05, 3.63) is 64.2 Å². The lowest BCUT2D eigenvalue weighted by Crippen LogP contribution is -2.42. The van der Waals surface area contributed by atoms with Crippen LogP contribution in [-0.2, 0) is 10.0 Å². The molecule has 0 aromatic heterocycles. The van der Waals surface area contributed by atoms with E-state index in [1.807, 2.05) is 0 Å². The molecule has 0 radical (unpaired) electrons. The average molecular weight is 417 g/mol. The number of anilines is 1. The molecule has 1 N–H and O–H groups in total. The molecule has 1 aliphatic rings. The second-order valence-corrected chi connectivity index (χ2v) is 9.49. The molecule has 2 aromatic rings. The molecule has 9 heteroatoms. The van der Waals surface area contributed by atoms with Gasteiger partial charge in [0, 0.05) is 36.5 Å². The molecular weight excluding hydrogens is 394 g/mol. The fraction of sp³-hybridized carbons (Fsp3) is 0.350. The lowest BCUT2D eigenvalue weighted by atomic mass is 9.94. The van der Waals surface area contributed by atoms with Gasteiger partial charge in [-0.1, -0.05) is 13.8 Å². The second kappa shape index (κ2) is 8.30. The minimum atomic E-state index is -3.58. The van der Waals surface area contributed by atoms with Crippen LogP contribution in [0, 0.1) is 22.0 Å². The number of benzene rings is 2. The highest BCUT2D eigenvalue weighted by Gasteiger charge is 2.31. The molecule has 2 aromatic carbocycles. The van der Waals surface area contributed by atoms with Gasteiger partial charge in [0.15, 0.2) is 0 Å². The monoisotopic (exact) mass is 417 g/mol. The van der Waals surface area contributed by atoms with E-state index in [0.29, 0.717) is 30.6 Å². The highest BCUT2D eigenvalue weighted by atomic mass is 32.2. The fourth-order valence-electron chi connectivity index (χ4n) is 3.60. The van der Waals surface area contributed by atoms with Crippen LogP contribution in [0.25, 0.3) is 0 Å². The van der Waals surface area contributed by atoms with E-state index in [2.05, 4.69) is 19.2 Å². The number of non-ortho nitro benzene ring substituents is 1. The minimum absolute atomic E-state index is 0.0996. The van der Waals surface area contributed by atoms with Crippen molar-refractivity contribution < 1.29 is 18.1 Å². The summed E-state index contributed by atoms with van der Waals surface area (Å²) in [7, 11) is -3.58. The van der Waals surface area contributed by atoms with Gasteiger partial charge < -0.3 is 5.32 Å². The first-order valence-electron chi connectivity index (χ1n) is 9.33. The predicted molar refractivity (Wildman–Crippen MR) is 109 cm³/mol. The van der Waals surface area contributed by atoms with Gasteiger partial charge in [0.05, 0.1) is 9.82 Å². The van der Waals surface area contributed by atoms with Crippen LogP contribution in [-0.4, -0.2) is 36.6 Å². The molecule has 1 saturated heterocycles. The number of nitrogens with one attached hydrogen (secondary N) is 1. The van der Waals surface area contributed by atoms with Gasteiger partial charge in [-0.15, -0.1) is 0 Å². The van der Waals surface area contributed by atoms with Crippen molar-refractivity contribution in [3.63, 3.8) is 0 Å². The van der Waals surface area contributed by atoms with Crippen molar-refractivity contribution >= 4 is 27.3 Å². The maximum Gasteiger partial charge on any atom is 0.269 e. The summed E-state index contributed by atoms with van der Waals surface area (Å²) in [5.41, 5.74) is 0.605. The van der Waals surface area contributed by atoms with Crippen molar-refractivity contribution in [3.8, 4) is 0 Å². The Bertz CT molecular complexity index is 993. The molecule has 0 aliphatic carbocycles. The summed E-state index contributed by atoms with van der Waals surface area (Å²) in [6, 6.07) is 11.3. The number of sulfonamides is 1. The lowest BCUT2D eigenvalue weighted by molar-refractivity contribution is -0.384. The van der Waals surface area contributed by atoms with Crippen LogP contribution < -0.4 is 5.32 Å². The average Bonchev–Trinajstić information content (AvgIpc) is 2.67. The standard InChI is InChI=1S/C20H23N3O5S/c1-14-11-15(2)13-22(12-14)29(27,28)19-9-5-17(6-10-19)21-20(24)16-3-7-18(8-4-16)23(25)26/h3-10,14-15H,11-13H2,1-2H3,(H,21,24). The zero-order valence-corrected chi connectivity index (χ0v) is 17.1. The third-order valence-corrected chi connectivity index (χ3v) is 6.77. The topological polar surface area (TPSA) is 110 Å². The van der Waals surface area contributed by atoms with Crippen molar-refractivity contribution in [2.24, 2.45) is 11.8 Å². The number of rotatable bonds is 5. The van der Waals surface area contributed by atoms with Crippen LogP contribution in [0.5, 0.6) is 0 Å². The summed E-state index contributed by atoms with van der Waals surface area (Å²) < 4.78 is 27.3. The Morgan fingerprint density at radius 1 is 1.03 bits per heavy atom. The number of nitro benzene ring substituents is 1. The number of carbonyl (C=O) groups is 1. The zero-order chi connectivity index (χ0) is 21.2. The van der Waals surface area contributed by atoms with Gasteiger partial charge in [0.2, 0.25) is 10.0 Å². The number of piperidine rings is 1. The Balaban J connectivity index is 1.71. The molecule has 0 saturated carbocycles. The van der Waals surface area contributed by atoms with E-state index in [0.717, 1.165) is 6.42 Å². The molecule has 1 heterocycles. The quantitative estimate of drug-likeness (QED) is 0.591. The van der Waals surface area contributed by atoms with Crippen molar-refractivity contribution in [2.45, 2.75) is 25.2 Å². The van der Waals surface area contributed by atoms with Crippen LogP contribution in [0.15, 0.2) is 53.4 Å². The maximum absolute atomic E-state index is 12.9. The number of nitro groups is 1. The molecule has 0 bridgehead atoms. The molecule has 154 valence electrons. The van der Waals surface area contributed by atoms with Crippen LogP contribution in [0.2, 0.25) is 0 Å². The normalized spacial score (nSPS) is 20.2. The third-order valence-electron chi connectivity index (χ3n) is 4.93. The van der Waals surface area contributed by atoms with Gasteiger partial charge in [0.25, 0.3) is 11.6 Å². The Kier molecular flexibility index (Phi) is 5.99. The summed E-state index contributed by atoms with van der Waals surface area (Å²) in [5.74, 6) is 0.191. The third kappa shape index (κ3) is 4.80. The largest absolute Gasteiger partial charge is 0.322 e. The number of hydrogen-bond donors (Lipinski definition) is 1. The molecule has 8 nitrogen and oxygen atoms in total.